The van der Waals surface area contributed by atoms with Gasteiger partial charge in [0.05, 0.1) is 13.2 Å². The van der Waals surface area contributed by atoms with Crippen LogP contribution in [0.1, 0.15) is 27.2 Å². The van der Waals surface area contributed by atoms with Crippen molar-refractivity contribution in [2.75, 3.05) is 32.8 Å². The average Bonchev–Trinajstić information content (AvgIpc) is 2.22. The van der Waals surface area contributed by atoms with E-state index in [0.29, 0.717) is 25.7 Å². The Morgan fingerprint density at radius 1 is 1.42 bits per heavy atom. The van der Waals surface area contributed by atoms with Gasteiger partial charge in [0.25, 0.3) is 0 Å². The molecule has 19 heavy (non-hydrogen) atoms. The fraction of sp³-hybridized carbons (Fsp3) is 0.786. The van der Waals surface area contributed by atoms with Crippen LogP contribution in [0.15, 0.2) is 12.7 Å². The molecule has 1 aliphatic rings. The van der Waals surface area contributed by atoms with Gasteiger partial charge in [-0.3, -0.25) is 0 Å². The first kappa shape index (κ1) is 16.0. The van der Waals surface area contributed by atoms with Gasteiger partial charge in [0, 0.05) is 25.7 Å². The summed E-state index contributed by atoms with van der Waals surface area (Å²) in [4.78, 5) is 13.4. The van der Waals surface area contributed by atoms with E-state index in [-0.39, 0.29) is 6.09 Å². The number of nitrogens with one attached hydrogen (secondary N) is 1. The summed E-state index contributed by atoms with van der Waals surface area (Å²) in [6.45, 7) is 12.9. The third-order valence-corrected chi connectivity index (χ3v) is 2.68. The molecular weight excluding hydrogens is 244 g/mol. The molecule has 5 nitrogen and oxygen atoms in total. The van der Waals surface area contributed by atoms with Crippen LogP contribution in [-0.2, 0) is 9.47 Å². The Balaban J connectivity index is 2.01. The van der Waals surface area contributed by atoms with Crippen LogP contribution in [-0.4, -0.2) is 55.5 Å². The average molecular weight is 270 g/mol. The van der Waals surface area contributed by atoms with Crippen LogP contribution >= 0.6 is 0 Å². The first-order valence-electron chi connectivity index (χ1n) is 6.82. The topological polar surface area (TPSA) is 50.8 Å². The molecule has 5 heteroatoms. The van der Waals surface area contributed by atoms with Crippen LogP contribution in [0.2, 0.25) is 0 Å². The highest BCUT2D eigenvalue weighted by Crippen LogP contribution is 2.14. The predicted molar refractivity (Wildman–Crippen MR) is 75.2 cm³/mol. The Morgan fingerprint density at radius 3 is 2.68 bits per heavy atom. The molecule has 110 valence electrons. The lowest BCUT2D eigenvalue weighted by atomic mass is 10.1. The van der Waals surface area contributed by atoms with Gasteiger partial charge in [-0.15, -0.1) is 6.58 Å². The molecule has 0 aromatic carbocycles. The van der Waals surface area contributed by atoms with Crippen molar-refractivity contribution in [1.82, 2.24) is 10.2 Å². The van der Waals surface area contributed by atoms with E-state index >= 15 is 0 Å². The molecule has 1 saturated heterocycles. The van der Waals surface area contributed by atoms with Gasteiger partial charge in [-0.25, -0.2) is 4.79 Å². The van der Waals surface area contributed by atoms with Crippen molar-refractivity contribution < 1.29 is 14.3 Å². The van der Waals surface area contributed by atoms with Crippen LogP contribution in [0.3, 0.4) is 0 Å². The van der Waals surface area contributed by atoms with Crippen LogP contribution in [0.25, 0.3) is 0 Å². The molecule has 0 aromatic heterocycles. The number of amides is 1. The van der Waals surface area contributed by atoms with E-state index < -0.39 is 5.60 Å². The fourth-order valence-corrected chi connectivity index (χ4v) is 1.69. The number of likely N-dealkylation sites (tertiary alicyclic amines) is 1. The van der Waals surface area contributed by atoms with Crippen molar-refractivity contribution in [2.24, 2.45) is 0 Å². The smallest absolute Gasteiger partial charge is 0.410 e. The number of hydrogen-bond acceptors (Lipinski definition) is 4. The van der Waals surface area contributed by atoms with Gasteiger partial charge >= 0.3 is 6.09 Å². The number of nitrogens with zero attached hydrogens (tertiary/aromatic N) is 1. The lowest BCUT2D eigenvalue weighted by Gasteiger charge is -2.40. The van der Waals surface area contributed by atoms with Crippen molar-refractivity contribution in [3.8, 4) is 0 Å². The maximum Gasteiger partial charge on any atom is 0.410 e. The SMILES string of the molecule is C=CCCOCCNC1CN(C(=O)OC(C)(C)C)C1. The lowest BCUT2D eigenvalue weighted by Crippen LogP contribution is -2.60. The molecule has 1 fully saturated rings. The van der Waals surface area contributed by atoms with Crippen molar-refractivity contribution in [3.63, 3.8) is 0 Å². The maximum absolute atomic E-state index is 11.7. The maximum atomic E-state index is 11.7. The Kier molecular flexibility index (Phi) is 6.31. The second-order valence-electron chi connectivity index (χ2n) is 5.73. The van der Waals surface area contributed by atoms with E-state index in [4.69, 9.17) is 9.47 Å². The Hall–Kier alpha value is -1.07. The minimum absolute atomic E-state index is 0.229. The summed E-state index contributed by atoms with van der Waals surface area (Å²) in [6.07, 6.45) is 2.50. The molecule has 0 radical (unpaired) electrons. The monoisotopic (exact) mass is 270 g/mol. The van der Waals surface area contributed by atoms with Crippen molar-refractivity contribution in [2.45, 2.75) is 38.8 Å². The van der Waals surface area contributed by atoms with E-state index in [1.807, 2.05) is 26.8 Å². The highest BCUT2D eigenvalue weighted by molar-refractivity contribution is 5.69. The first-order chi connectivity index (χ1) is 8.92. The highest BCUT2D eigenvalue weighted by atomic mass is 16.6. The minimum Gasteiger partial charge on any atom is -0.444 e. The van der Waals surface area contributed by atoms with Gasteiger partial charge in [0.1, 0.15) is 5.60 Å². The Labute approximate surface area is 115 Å². The molecule has 1 aliphatic heterocycles. The van der Waals surface area contributed by atoms with Gasteiger partial charge in [0.15, 0.2) is 0 Å². The van der Waals surface area contributed by atoms with E-state index in [1.54, 1.807) is 4.90 Å². The fourth-order valence-electron chi connectivity index (χ4n) is 1.69. The standard InChI is InChI=1S/C14H26N2O3/c1-5-6-8-18-9-7-15-12-10-16(11-12)13(17)19-14(2,3)4/h5,12,15H,1,6-11H2,2-4H3. The van der Waals surface area contributed by atoms with Crippen LogP contribution in [0, 0.1) is 0 Å². The molecule has 0 atom stereocenters. The predicted octanol–water partition coefficient (Wildman–Crippen LogP) is 1.79. The zero-order valence-electron chi connectivity index (χ0n) is 12.3. The number of ether oxygens (including phenoxy) is 2. The van der Waals surface area contributed by atoms with Crippen molar-refractivity contribution in [1.29, 1.82) is 0 Å². The third-order valence-electron chi connectivity index (χ3n) is 2.68. The van der Waals surface area contributed by atoms with Gasteiger partial charge in [-0.05, 0) is 27.2 Å². The summed E-state index contributed by atoms with van der Waals surface area (Å²) in [7, 11) is 0. The third kappa shape index (κ3) is 6.59. The van der Waals surface area contributed by atoms with Gasteiger partial charge in [0.2, 0.25) is 0 Å². The zero-order valence-corrected chi connectivity index (χ0v) is 12.3. The van der Waals surface area contributed by atoms with E-state index in [9.17, 15) is 4.79 Å². The van der Waals surface area contributed by atoms with Gasteiger partial charge < -0.3 is 19.7 Å². The number of carbonyl (C=O) groups is 1. The second-order valence-corrected chi connectivity index (χ2v) is 5.73. The quantitative estimate of drug-likeness (QED) is 0.566. The zero-order chi connectivity index (χ0) is 14.3. The Morgan fingerprint density at radius 2 is 2.11 bits per heavy atom. The molecule has 1 heterocycles. The van der Waals surface area contributed by atoms with E-state index in [2.05, 4.69) is 11.9 Å². The first-order valence-corrected chi connectivity index (χ1v) is 6.82. The number of rotatable bonds is 7. The van der Waals surface area contributed by atoms with E-state index in [1.165, 1.54) is 0 Å². The molecule has 1 rings (SSSR count). The number of carbonyl (C=O) groups excluding carboxylic acids is 1. The molecule has 0 saturated carbocycles. The van der Waals surface area contributed by atoms with Crippen molar-refractivity contribution >= 4 is 6.09 Å². The molecule has 0 bridgehead atoms. The highest BCUT2D eigenvalue weighted by Gasteiger charge is 2.33. The molecule has 0 spiro atoms. The molecule has 0 unspecified atom stereocenters. The second kappa shape index (κ2) is 7.50. The summed E-state index contributed by atoms with van der Waals surface area (Å²) in [5, 5.41) is 3.34. The summed E-state index contributed by atoms with van der Waals surface area (Å²) in [5.41, 5.74) is -0.422. The summed E-state index contributed by atoms with van der Waals surface area (Å²) in [6, 6.07) is 0.357. The number of hydrogen-bond donors (Lipinski definition) is 1. The molecule has 1 amide bonds. The summed E-state index contributed by atoms with van der Waals surface area (Å²) in [5.74, 6) is 0. The van der Waals surface area contributed by atoms with Gasteiger partial charge in [-0.2, -0.15) is 0 Å². The molecule has 0 aliphatic carbocycles. The summed E-state index contributed by atoms with van der Waals surface area (Å²) >= 11 is 0. The normalized spacial score (nSPS) is 16.1. The van der Waals surface area contributed by atoms with Crippen LogP contribution in [0.5, 0.6) is 0 Å². The van der Waals surface area contributed by atoms with Crippen LogP contribution < -0.4 is 5.32 Å². The van der Waals surface area contributed by atoms with Crippen LogP contribution in [0.4, 0.5) is 4.79 Å². The lowest BCUT2D eigenvalue weighted by molar-refractivity contribution is 0.00460. The van der Waals surface area contributed by atoms with E-state index in [0.717, 1.165) is 19.6 Å². The Bertz CT molecular complexity index is 294. The largest absolute Gasteiger partial charge is 0.444 e. The van der Waals surface area contributed by atoms with Gasteiger partial charge in [-0.1, -0.05) is 6.08 Å². The molecule has 0 aromatic rings. The molecular formula is C14H26N2O3. The summed E-state index contributed by atoms with van der Waals surface area (Å²) < 4.78 is 10.7. The minimum atomic E-state index is -0.422. The van der Waals surface area contributed by atoms with Crippen molar-refractivity contribution in [3.05, 3.63) is 12.7 Å². The molecule has 1 N–H and O–H groups in total.